The minimum Gasteiger partial charge on any atom is -0.382 e. The molecule has 0 unspecified atom stereocenters. The lowest BCUT2D eigenvalue weighted by Crippen LogP contribution is -2.12. The highest BCUT2D eigenvalue weighted by Crippen LogP contribution is 2.18. The van der Waals surface area contributed by atoms with E-state index in [0.717, 1.165) is 11.3 Å². The predicted octanol–water partition coefficient (Wildman–Crippen LogP) is 1.74. The van der Waals surface area contributed by atoms with E-state index in [1.165, 1.54) is 0 Å². The van der Waals surface area contributed by atoms with Crippen molar-refractivity contribution >= 4 is 11.4 Å². The maximum Gasteiger partial charge on any atom is 0.144 e. The quantitative estimate of drug-likeness (QED) is 0.575. The smallest absolute Gasteiger partial charge is 0.144 e. The fourth-order valence-corrected chi connectivity index (χ4v) is 1.67. The van der Waals surface area contributed by atoms with Crippen LogP contribution in [0.1, 0.15) is 31.3 Å². The topological polar surface area (TPSA) is 67.2 Å². The molecular formula is C11H14N4. The van der Waals surface area contributed by atoms with Crippen LogP contribution < -0.4 is 5.73 Å². The average molecular weight is 202 g/mol. The number of amidine groups is 1. The number of nitrogens with two attached hydrogens (primary N) is 1. The van der Waals surface area contributed by atoms with E-state index in [1.807, 2.05) is 28.8 Å². The second-order valence-electron chi connectivity index (χ2n) is 3.84. The molecule has 0 bridgehead atoms. The first-order valence-electron chi connectivity index (χ1n) is 4.92. The first-order chi connectivity index (χ1) is 7.11. The summed E-state index contributed by atoms with van der Waals surface area (Å²) in [5.74, 6) is 1.27. The van der Waals surface area contributed by atoms with E-state index in [4.69, 9.17) is 11.1 Å². The number of fused-ring (bicyclic) bond motifs is 1. The minimum atomic E-state index is 0.0191. The van der Waals surface area contributed by atoms with E-state index in [9.17, 15) is 0 Å². The molecular weight excluding hydrogens is 188 g/mol. The number of nitrogens with zero attached hydrogens (tertiary/aromatic N) is 2. The fourth-order valence-electron chi connectivity index (χ4n) is 1.67. The number of hydrogen-bond acceptors (Lipinski definition) is 2. The van der Waals surface area contributed by atoms with Crippen LogP contribution in [-0.2, 0) is 0 Å². The number of rotatable bonds is 2. The lowest BCUT2D eigenvalue weighted by molar-refractivity contribution is 0.769. The Morgan fingerprint density at radius 2 is 2.20 bits per heavy atom. The van der Waals surface area contributed by atoms with Gasteiger partial charge in [-0.25, -0.2) is 4.98 Å². The molecule has 2 rings (SSSR count). The van der Waals surface area contributed by atoms with Gasteiger partial charge >= 0.3 is 0 Å². The second-order valence-corrected chi connectivity index (χ2v) is 3.84. The van der Waals surface area contributed by atoms with E-state index in [0.29, 0.717) is 11.6 Å². The number of imidazole rings is 1. The number of hydrogen-bond donors (Lipinski definition) is 2. The number of pyridine rings is 1. The van der Waals surface area contributed by atoms with Gasteiger partial charge in [-0.15, -0.1) is 0 Å². The Labute approximate surface area is 88.3 Å². The lowest BCUT2D eigenvalue weighted by Gasteiger charge is -2.02. The molecule has 4 nitrogen and oxygen atoms in total. The molecule has 0 saturated carbocycles. The monoisotopic (exact) mass is 202 g/mol. The van der Waals surface area contributed by atoms with Crippen molar-refractivity contribution in [2.45, 2.75) is 19.8 Å². The normalized spacial score (nSPS) is 11.1. The third-order valence-corrected chi connectivity index (χ3v) is 2.35. The molecule has 15 heavy (non-hydrogen) atoms. The molecule has 2 heterocycles. The van der Waals surface area contributed by atoms with Crippen LogP contribution in [0.2, 0.25) is 0 Å². The molecule has 0 aliphatic rings. The highest BCUT2D eigenvalue weighted by atomic mass is 15.0. The van der Waals surface area contributed by atoms with E-state index in [2.05, 4.69) is 18.8 Å². The van der Waals surface area contributed by atoms with Crippen molar-refractivity contribution in [3.63, 3.8) is 0 Å². The molecule has 2 aromatic heterocycles. The molecule has 0 radical (unpaired) electrons. The van der Waals surface area contributed by atoms with E-state index in [-0.39, 0.29) is 5.84 Å². The van der Waals surface area contributed by atoms with Gasteiger partial charge in [0.1, 0.15) is 17.4 Å². The zero-order chi connectivity index (χ0) is 11.0. The average Bonchev–Trinajstić information content (AvgIpc) is 2.56. The molecule has 0 fully saturated rings. The van der Waals surface area contributed by atoms with Crippen LogP contribution in [0.4, 0.5) is 0 Å². The van der Waals surface area contributed by atoms with E-state index in [1.54, 1.807) is 0 Å². The molecule has 0 atom stereocenters. The second kappa shape index (κ2) is 3.38. The summed E-state index contributed by atoms with van der Waals surface area (Å²) in [5.41, 5.74) is 6.97. The Morgan fingerprint density at radius 1 is 1.47 bits per heavy atom. The van der Waals surface area contributed by atoms with Crippen molar-refractivity contribution in [3.8, 4) is 0 Å². The standard InChI is InChI=1S/C11H14N4/c1-7(2)11-14-9(10(12)13)8-5-3-4-6-15(8)11/h3-7H,1-2H3,(H3,12,13). The first kappa shape index (κ1) is 9.71. The largest absolute Gasteiger partial charge is 0.382 e. The van der Waals surface area contributed by atoms with Gasteiger partial charge in [0.25, 0.3) is 0 Å². The van der Waals surface area contributed by atoms with Crippen LogP contribution in [0.15, 0.2) is 24.4 Å². The number of nitrogen functional groups attached to an aromatic ring is 1. The van der Waals surface area contributed by atoms with Gasteiger partial charge in [0, 0.05) is 12.1 Å². The van der Waals surface area contributed by atoms with Gasteiger partial charge in [0.05, 0.1) is 5.52 Å². The Balaban J connectivity index is 2.79. The van der Waals surface area contributed by atoms with Crippen molar-refractivity contribution in [1.29, 1.82) is 5.41 Å². The zero-order valence-electron chi connectivity index (χ0n) is 8.86. The molecule has 4 heteroatoms. The number of aromatic nitrogens is 2. The van der Waals surface area contributed by atoms with Crippen LogP contribution in [0.5, 0.6) is 0 Å². The number of nitrogens with one attached hydrogen (secondary N) is 1. The SMILES string of the molecule is CC(C)c1nc(C(=N)N)c2ccccn12. The molecule has 3 N–H and O–H groups in total. The highest BCUT2D eigenvalue weighted by molar-refractivity contribution is 5.99. The van der Waals surface area contributed by atoms with Crippen molar-refractivity contribution in [2.75, 3.05) is 0 Å². The van der Waals surface area contributed by atoms with Crippen molar-refractivity contribution in [2.24, 2.45) is 5.73 Å². The van der Waals surface area contributed by atoms with Crippen LogP contribution in [0.25, 0.3) is 5.52 Å². The Kier molecular flexibility index (Phi) is 2.19. The Morgan fingerprint density at radius 3 is 2.80 bits per heavy atom. The van der Waals surface area contributed by atoms with E-state index < -0.39 is 0 Å². The van der Waals surface area contributed by atoms with Gasteiger partial charge in [-0.05, 0) is 12.1 Å². The van der Waals surface area contributed by atoms with Gasteiger partial charge < -0.3 is 10.1 Å². The molecule has 0 saturated heterocycles. The van der Waals surface area contributed by atoms with Crippen LogP contribution in [0, 0.1) is 5.41 Å². The third kappa shape index (κ3) is 1.48. The summed E-state index contributed by atoms with van der Waals surface area (Å²) in [4.78, 5) is 4.40. The summed E-state index contributed by atoms with van der Waals surface area (Å²) < 4.78 is 1.99. The molecule has 2 aromatic rings. The summed E-state index contributed by atoms with van der Waals surface area (Å²) in [6.07, 6.45) is 1.95. The van der Waals surface area contributed by atoms with Crippen molar-refractivity contribution < 1.29 is 0 Å². The van der Waals surface area contributed by atoms with Crippen LogP contribution in [-0.4, -0.2) is 15.2 Å². The summed E-state index contributed by atoms with van der Waals surface area (Å²) in [5, 5.41) is 7.47. The summed E-state index contributed by atoms with van der Waals surface area (Å²) >= 11 is 0. The summed E-state index contributed by atoms with van der Waals surface area (Å²) in [6, 6.07) is 5.80. The summed E-state index contributed by atoms with van der Waals surface area (Å²) in [7, 11) is 0. The van der Waals surface area contributed by atoms with Gasteiger partial charge in [0.15, 0.2) is 0 Å². The Hall–Kier alpha value is -1.84. The molecule has 0 aliphatic heterocycles. The van der Waals surface area contributed by atoms with Gasteiger partial charge in [0.2, 0.25) is 0 Å². The molecule has 78 valence electrons. The molecule has 0 aromatic carbocycles. The zero-order valence-corrected chi connectivity index (χ0v) is 8.86. The maximum absolute atomic E-state index is 7.47. The lowest BCUT2D eigenvalue weighted by atomic mass is 10.2. The third-order valence-electron chi connectivity index (χ3n) is 2.35. The van der Waals surface area contributed by atoms with Gasteiger partial charge in [-0.3, -0.25) is 5.41 Å². The molecule has 0 spiro atoms. The summed E-state index contributed by atoms with van der Waals surface area (Å²) in [6.45, 7) is 4.15. The fraction of sp³-hybridized carbons (Fsp3) is 0.273. The predicted molar refractivity (Wildman–Crippen MR) is 60.3 cm³/mol. The highest BCUT2D eigenvalue weighted by Gasteiger charge is 2.14. The van der Waals surface area contributed by atoms with Crippen molar-refractivity contribution in [1.82, 2.24) is 9.38 Å². The maximum atomic E-state index is 7.47. The van der Waals surface area contributed by atoms with Gasteiger partial charge in [-0.1, -0.05) is 19.9 Å². The van der Waals surface area contributed by atoms with Crippen LogP contribution in [0.3, 0.4) is 0 Å². The van der Waals surface area contributed by atoms with Gasteiger partial charge in [-0.2, -0.15) is 0 Å². The minimum absolute atomic E-state index is 0.0191. The Bertz CT molecular complexity index is 510. The van der Waals surface area contributed by atoms with Crippen molar-refractivity contribution in [3.05, 3.63) is 35.9 Å². The first-order valence-corrected chi connectivity index (χ1v) is 4.92. The van der Waals surface area contributed by atoms with E-state index >= 15 is 0 Å². The molecule has 0 amide bonds. The van der Waals surface area contributed by atoms with Crippen LogP contribution >= 0.6 is 0 Å². The molecule has 0 aliphatic carbocycles.